The van der Waals surface area contributed by atoms with Crippen molar-refractivity contribution >= 4 is 11.9 Å². The topological polar surface area (TPSA) is 65.1 Å². The number of rotatable bonds is 8. The van der Waals surface area contributed by atoms with Crippen molar-refractivity contribution in [2.75, 3.05) is 19.7 Å². The molecule has 3 aromatic carbocycles. The molecule has 0 saturated carbocycles. The molecule has 1 unspecified atom stereocenters. The molecule has 0 N–H and O–H groups in total. The molecule has 0 aliphatic carbocycles. The van der Waals surface area contributed by atoms with E-state index in [4.69, 9.17) is 14.2 Å². The molecule has 8 heteroatoms. The molecule has 0 aromatic heterocycles. The van der Waals surface area contributed by atoms with Gasteiger partial charge in [-0.2, -0.15) is 0 Å². The van der Waals surface area contributed by atoms with Crippen LogP contribution in [0, 0.1) is 17.6 Å². The average Bonchev–Trinajstić information content (AvgIpc) is 3.11. The van der Waals surface area contributed by atoms with Gasteiger partial charge < -0.3 is 14.2 Å². The van der Waals surface area contributed by atoms with Crippen LogP contribution in [0.15, 0.2) is 84.9 Å². The first kappa shape index (κ1) is 30.4. The Hall–Kier alpha value is -4.04. The van der Waals surface area contributed by atoms with Crippen LogP contribution in [0.1, 0.15) is 62.6 Å². The van der Waals surface area contributed by atoms with E-state index in [0.29, 0.717) is 32.5 Å². The minimum absolute atomic E-state index is 0.0494. The van der Waals surface area contributed by atoms with Crippen LogP contribution in [0.5, 0.6) is 5.75 Å². The molecule has 3 aromatic rings. The predicted molar refractivity (Wildman–Crippen MR) is 158 cm³/mol. The third kappa shape index (κ3) is 7.31. The number of piperidine rings is 1. The second-order valence-corrected chi connectivity index (χ2v) is 12.2. The van der Waals surface area contributed by atoms with E-state index in [1.807, 2.05) is 17.0 Å². The van der Waals surface area contributed by atoms with Crippen LogP contribution in [0.2, 0.25) is 0 Å². The van der Waals surface area contributed by atoms with Crippen LogP contribution >= 0.6 is 0 Å². The fourth-order valence-electron chi connectivity index (χ4n) is 5.95. The number of halogens is 2. The third-order valence-corrected chi connectivity index (χ3v) is 8.14. The van der Waals surface area contributed by atoms with Crippen LogP contribution in [0.4, 0.5) is 8.78 Å². The lowest BCUT2D eigenvalue weighted by molar-refractivity contribution is -0.300. The van der Waals surface area contributed by atoms with E-state index in [2.05, 4.69) is 32.9 Å². The summed E-state index contributed by atoms with van der Waals surface area (Å²) in [5, 5.41) is 0. The Kier molecular flexibility index (Phi) is 8.97. The van der Waals surface area contributed by atoms with E-state index in [0.717, 1.165) is 29.0 Å². The van der Waals surface area contributed by atoms with Crippen molar-refractivity contribution in [3.8, 4) is 5.75 Å². The summed E-state index contributed by atoms with van der Waals surface area (Å²) in [6.07, 6.45) is 3.58. The molecule has 0 bridgehead atoms. The van der Waals surface area contributed by atoms with Crippen LogP contribution < -0.4 is 4.74 Å². The third-order valence-electron chi connectivity index (χ3n) is 8.14. The molecular formula is C35H37F2NO5. The average molecular weight is 590 g/mol. The van der Waals surface area contributed by atoms with Gasteiger partial charge in [-0.3, -0.25) is 0 Å². The van der Waals surface area contributed by atoms with Crippen molar-refractivity contribution in [3.63, 3.8) is 0 Å². The van der Waals surface area contributed by atoms with Crippen molar-refractivity contribution in [2.45, 2.75) is 57.3 Å². The first-order chi connectivity index (χ1) is 20.5. The molecule has 0 amide bonds. The van der Waals surface area contributed by atoms with Gasteiger partial charge in [0.05, 0.1) is 6.61 Å². The van der Waals surface area contributed by atoms with Gasteiger partial charge >= 0.3 is 17.8 Å². The van der Waals surface area contributed by atoms with Crippen LogP contribution in [-0.2, 0) is 24.5 Å². The SMILES string of the molecule is CC(C)(C)c1ccc(OCCCN2CCC(C(c3ccc(F)cc3)c3ccc(F)cc3)CC23OC(=O)C=CC(=O)O3)cc1. The summed E-state index contributed by atoms with van der Waals surface area (Å²) in [7, 11) is 0. The zero-order valence-corrected chi connectivity index (χ0v) is 24.7. The summed E-state index contributed by atoms with van der Waals surface area (Å²) in [6, 6.07) is 20.4. The van der Waals surface area contributed by atoms with Gasteiger partial charge in [0.25, 0.3) is 0 Å². The van der Waals surface area contributed by atoms with E-state index >= 15 is 0 Å². The van der Waals surface area contributed by atoms with Gasteiger partial charge in [0.2, 0.25) is 0 Å². The molecule has 2 aliphatic heterocycles. The Labute approximate surface area is 251 Å². The molecule has 2 aliphatic rings. The molecule has 1 fully saturated rings. The lowest BCUT2D eigenvalue weighted by Gasteiger charge is -2.48. The number of carbonyl (C=O) groups excluding carboxylic acids is 2. The van der Waals surface area contributed by atoms with Crippen molar-refractivity contribution in [2.24, 2.45) is 5.92 Å². The standard InChI is InChI=1S/C35H37F2NO5/c1-34(2,3)27-9-15-30(16-10-27)41-22-4-20-38-21-19-26(23-35(38)42-31(39)17-18-32(40)43-35)33(24-5-11-28(36)12-6-24)25-7-13-29(37)14-8-25/h5-18,26,33H,4,19-23H2,1-3H3. The molecule has 5 rings (SSSR count). The second kappa shape index (κ2) is 12.7. The van der Waals surface area contributed by atoms with Crippen LogP contribution in [0.3, 0.4) is 0 Å². The summed E-state index contributed by atoms with van der Waals surface area (Å²) in [5.74, 6) is -3.40. The zero-order chi connectivity index (χ0) is 30.6. The Morgan fingerprint density at radius 2 is 1.40 bits per heavy atom. The molecule has 2 heterocycles. The van der Waals surface area contributed by atoms with Gasteiger partial charge in [-0.25, -0.2) is 23.3 Å². The van der Waals surface area contributed by atoms with Crippen molar-refractivity contribution in [3.05, 3.63) is 113 Å². The van der Waals surface area contributed by atoms with Gasteiger partial charge in [-0.15, -0.1) is 0 Å². The fourth-order valence-corrected chi connectivity index (χ4v) is 5.95. The first-order valence-corrected chi connectivity index (χ1v) is 14.7. The van der Waals surface area contributed by atoms with Crippen LogP contribution in [-0.4, -0.2) is 42.4 Å². The van der Waals surface area contributed by atoms with E-state index in [9.17, 15) is 18.4 Å². The number of benzene rings is 3. The van der Waals surface area contributed by atoms with E-state index in [-0.39, 0.29) is 35.3 Å². The predicted octanol–water partition coefficient (Wildman–Crippen LogP) is 6.89. The van der Waals surface area contributed by atoms with Gasteiger partial charge in [0, 0.05) is 37.6 Å². The first-order valence-electron chi connectivity index (χ1n) is 14.7. The molecule has 0 radical (unpaired) electrons. The summed E-state index contributed by atoms with van der Waals surface area (Å²) in [6.45, 7) is 7.80. The lowest BCUT2D eigenvalue weighted by Crippen LogP contribution is -2.59. The smallest absolute Gasteiger partial charge is 0.335 e. The largest absolute Gasteiger partial charge is 0.494 e. The maximum Gasteiger partial charge on any atom is 0.335 e. The highest BCUT2D eigenvalue weighted by atomic mass is 19.1. The fraction of sp³-hybridized carbons (Fsp3) is 0.371. The lowest BCUT2D eigenvalue weighted by atomic mass is 9.75. The summed E-state index contributed by atoms with van der Waals surface area (Å²) in [4.78, 5) is 27.2. The molecule has 43 heavy (non-hydrogen) atoms. The number of carbonyl (C=O) groups is 2. The second-order valence-electron chi connectivity index (χ2n) is 12.2. The monoisotopic (exact) mass is 589 g/mol. The summed E-state index contributed by atoms with van der Waals surface area (Å²) in [5.41, 5.74) is 2.93. The number of hydrogen-bond acceptors (Lipinski definition) is 6. The minimum atomic E-state index is -1.63. The van der Waals surface area contributed by atoms with Gasteiger partial charge in [-0.1, -0.05) is 57.2 Å². The maximum absolute atomic E-state index is 13.8. The molecule has 1 atom stereocenters. The van der Waals surface area contributed by atoms with E-state index in [1.165, 1.54) is 29.8 Å². The van der Waals surface area contributed by atoms with Crippen molar-refractivity contribution < 1.29 is 32.6 Å². The highest BCUT2D eigenvalue weighted by Crippen LogP contribution is 2.45. The van der Waals surface area contributed by atoms with E-state index in [1.54, 1.807) is 24.3 Å². The number of nitrogens with zero attached hydrogens (tertiary/aromatic N) is 1. The molecule has 1 spiro atoms. The quantitative estimate of drug-likeness (QED) is 0.211. The highest BCUT2D eigenvalue weighted by Gasteiger charge is 2.51. The Morgan fingerprint density at radius 1 is 0.860 bits per heavy atom. The Morgan fingerprint density at radius 3 is 1.91 bits per heavy atom. The number of hydrogen-bond donors (Lipinski definition) is 0. The maximum atomic E-state index is 13.8. The van der Waals surface area contributed by atoms with Crippen molar-refractivity contribution in [1.82, 2.24) is 4.90 Å². The molecule has 1 saturated heterocycles. The van der Waals surface area contributed by atoms with E-state index < -0.39 is 17.8 Å². The Balaban J connectivity index is 1.35. The molecule has 226 valence electrons. The summed E-state index contributed by atoms with van der Waals surface area (Å²) >= 11 is 0. The van der Waals surface area contributed by atoms with Gasteiger partial charge in [0.1, 0.15) is 17.4 Å². The van der Waals surface area contributed by atoms with Gasteiger partial charge in [0.15, 0.2) is 0 Å². The number of likely N-dealkylation sites (tertiary alicyclic amines) is 1. The number of esters is 2. The number of ether oxygens (including phenoxy) is 3. The summed E-state index contributed by atoms with van der Waals surface area (Å²) < 4.78 is 45.4. The van der Waals surface area contributed by atoms with Crippen molar-refractivity contribution in [1.29, 1.82) is 0 Å². The minimum Gasteiger partial charge on any atom is -0.494 e. The molecule has 6 nitrogen and oxygen atoms in total. The molecular weight excluding hydrogens is 552 g/mol. The highest BCUT2D eigenvalue weighted by molar-refractivity contribution is 5.93. The van der Waals surface area contributed by atoms with Crippen LogP contribution in [0.25, 0.3) is 0 Å². The van der Waals surface area contributed by atoms with Gasteiger partial charge in [-0.05, 0) is 77.3 Å². The normalized spacial score (nSPS) is 18.8. The zero-order valence-electron chi connectivity index (χ0n) is 24.7. The Bertz CT molecular complexity index is 1380.